The van der Waals surface area contributed by atoms with Gasteiger partial charge in [-0.1, -0.05) is 48.0 Å². The highest BCUT2D eigenvalue weighted by Crippen LogP contribution is 2.23. The lowest BCUT2D eigenvalue weighted by Gasteiger charge is -2.14. The molecule has 24 heavy (non-hydrogen) atoms. The second kappa shape index (κ2) is 7.53. The van der Waals surface area contributed by atoms with Crippen LogP contribution in [0.5, 0.6) is 0 Å². The number of urea groups is 1. The van der Waals surface area contributed by atoms with Gasteiger partial charge in [-0.15, -0.1) is 0 Å². The second-order valence-corrected chi connectivity index (χ2v) is 6.31. The number of carbonyl (C=O) groups is 2. The lowest BCUT2D eigenvalue weighted by molar-refractivity contribution is 0.0959. The first-order valence-electron chi connectivity index (χ1n) is 7.15. The number of amides is 3. The highest BCUT2D eigenvalue weighted by molar-refractivity contribution is 9.10. The molecule has 3 amide bonds. The molecule has 2 aromatic carbocycles. The Morgan fingerprint density at radius 2 is 1.67 bits per heavy atom. The molecule has 7 heteroatoms. The average molecular weight is 397 g/mol. The summed E-state index contributed by atoms with van der Waals surface area (Å²) in [6.07, 6.45) is 0. The predicted octanol–water partition coefficient (Wildman–Crippen LogP) is 4.81. The van der Waals surface area contributed by atoms with Gasteiger partial charge in [0, 0.05) is 10.2 Å². The number of nitrogens with one attached hydrogen (secondary N) is 2. The van der Waals surface area contributed by atoms with Crippen LogP contribution in [0.15, 0.2) is 40.9 Å². The Labute approximate surface area is 146 Å². The van der Waals surface area contributed by atoms with E-state index >= 15 is 0 Å². The molecule has 0 radical (unpaired) electrons. The topological polar surface area (TPSA) is 58.2 Å². The van der Waals surface area contributed by atoms with E-state index in [0.717, 1.165) is 17.7 Å². The van der Waals surface area contributed by atoms with Crippen LogP contribution < -0.4 is 10.6 Å². The molecular formula is C17H15BrF2N2O2. The fraction of sp³-hybridized carbons (Fsp3) is 0.176. The van der Waals surface area contributed by atoms with Gasteiger partial charge < -0.3 is 5.32 Å². The zero-order valence-electron chi connectivity index (χ0n) is 13.0. The molecular weight excluding hydrogens is 382 g/mol. The number of benzene rings is 2. The third-order valence-electron chi connectivity index (χ3n) is 3.29. The summed E-state index contributed by atoms with van der Waals surface area (Å²) < 4.78 is 27.6. The van der Waals surface area contributed by atoms with E-state index in [1.54, 1.807) is 12.1 Å². The SMILES string of the molecule is CC(C)c1ccccc1NC(=O)NC(=O)c1c(F)cc(Br)cc1F. The van der Waals surface area contributed by atoms with E-state index in [2.05, 4.69) is 21.2 Å². The monoisotopic (exact) mass is 396 g/mol. The molecule has 0 unspecified atom stereocenters. The molecule has 0 aliphatic carbocycles. The van der Waals surface area contributed by atoms with Gasteiger partial charge >= 0.3 is 6.03 Å². The zero-order chi connectivity index (χ0) is 17.9. The first-order chi connectivity index (χ1) is 11.3. The normalized spacial score (nSPS) is 10.6. The van der Waals surface area contributed by atoms with Crippen LogP contribution in [-0.2, 0) is 0 Å². The molecule has 0 atom stereocenters. The summed E-state index contributed by atoms with van der Waals surface area (Å²) in [6, 6.07) is 8.12. The summed E-state index contributed by atoms with van der Waals surface area (Å²) in [5.74, 6) is -3.12. The van der Waals surface area contributed by atoms with Crippen LogP contribution in [0.3, 0.4) is 0 Å². The summed E-state index contributed by atoms with van der Waals surface area (Å²) in [5, 5.41) is 4.45. The van der Waals surface area contributed by atoms with Gasteiger partial charge in [0.05, 0.1) is 0 Å². The third-order valence-corrected chi connectivity index (χ3v) is 3.75. The van der Waals surface area contributed by atoms with Gasteiger partial charge in [-0.2, -0.15) is 0 Å². The average Bonchev–Trinajstić information content (AvgIpc) is 2.46. The Hall–Kier alpha value is -2.28. The first kappa shape index (κ1) is 18.1. The molecule has 4 nitrogen and oxygen atoms in total. The third kappa shape index (κ3) is 4.17. The number of imide groups is 1. The minimum absolute atomic E-state index is 0.151. The maximum atomic E-state index is 13.7. The molecule has 0 aliphatic heterocycles. The largest absolute Gasteiger partial charge is 0.326 e. The molecule has 0 aliphatic rings. The van der Waals surface area contributed by atoms with Crippen molar-refractivity contribution in [3.8, 4) is 0 Å². The number of hydrogen-bond donors (Lipinski definition) is 2. The Morgan fingerprint density at radius 1 is 1.08 bits per heavy atom. The molecule has 0 aromatic heterocycles. The summed E-state index contributed by atoms with van der Waals surface area (Å²) in [4.78, 5) is 23.9. The maximum absolute atomic E-state index is 13.7. The molecule has 0 saturated heterocycles. The predicted molar refractivity (Wildman–Crippen MR) is 91.1 cm³/mol. The smallest absolute Gasteiger partial charge is 0.307 e. The number of para-hydroxylation sites is 1. The number of rotatable bonds is 3. The van der Waals surface area contributed by atoms with Crippen LogP contribution in [0.25, 0.3) is 0 Å². The van der Waals surface area contributed by atoms with E-state index in [9.17, 15) is 18.4 Å². The highest BCUT2D eigenvalue weighted by atomic mass is 79.9. The second-order valence-electron chi connectivity index (χ2n) is 5.39. The fourth-order valence-corrected chi connectivity index (χ4v) is 2.59. The lowest BCUT2D eigenvalue weighted by atomic mass is 10.0. The fourth-order valence-electron chi connectivity index (χ4n) is 2.19. The highest BCUT2D eigenvalue weighted by Gasteiger charge is 2.20. The van der Waals surface area contributed by atoms with Crippen LogP contribution in [0.2, 0.25) is 0 Å². The molecule has 2 N–H and O–H groups in total. The summed E-state index contributed by atoms with van der Waals surface area (Å²) in [6.45, 7) is 3.91. The Kier molecular flexibility index (Phi) is 5.66. The molecule has 0 fully saturated rings. The van der Waals surface area contributed by atoms with Crippen molar-refractivity contribution >= 4 is 33.6 Å². The molecule has 2 aromatic rings. The van der Waals surface area contributed by atoms with Crippen molar-refractivity contribution in [1.29, 1.82) is 0 Å². The van der Waals surface area contributed by atoms with Gasteiger partial charge in [-0.05, 0) is 29.7 Å². The lowest BCUT2D eigenvalue weighted by Crippen LogP contribution is -2.35. The molecule has 126 valence electrons. The van der Waals surface area contributed by atoms with Crippen molar-refractivity contribution in [3.05, 3.63) is 63.6 Å². The number of halogens is 3. The minimum Gasteiger partial charge on any atom is -0.307 e. The quantitative estimate of drug-likeness (QED) is 0.781. The van der Waals surface area contributed by atoms with Gasteiger partial charge in [0.25, 0.3) is 5.91 Å². The van der Waals surface area contributed by atoms with Gasteiger partial charge in [0.1, 0.15) is 17.2 Å². The van der Waals surface area contributed by atoms with Crippen molar-refractivity contribution in [2.24, 2.45) is 0 Å². The summed E-state index contributed by atoms with van der Waals surface area (Å²) >= 11 is 2.92. The summed E-state index contributed by atoms with van der Waals surface area (Å²) in [5.41, 5.74) is 0.584. The minimum atomic E-state index is -1.16. The van der Waals surface area contributed by atoms with E-state index in [1.807, 2.05) is 31.3 Å². The summed E-state index contributed by atoms with van der Waals surface area (Å²) in [7, 11) is 0. The van der Waals surface area contributed by atoms with Gasteiger partial charge in [-0.25, -0.2) is 13.6 Å². The number of carbonyl (C=O) groups excluding carboxylic acids is 2. The maximum Gasteiger partial charge on any atom is 0.326 e. The van der Waals surface area contributed by atoms with Crippen LogP contribution in [-0.4, -0.2) is 11.9 Å². The van der Waals surface area contributed by atoms with Crippen molar-refractivity contribution < 1.29 is 18.4 Å². The Bertz CT molecular complexity index is 771. The molecule has 2 rings (SSSR count). The van der Waals surface area contributed by atoms with E-state index in [4.69, 9.17) is 0 Å². The van der Waals surface area contributed by atoms with Crippen molar-refractivity contribution in [2.45, 2.75) is 19.8 Å². The van der Waals surface area contributed by atoms with E-state index in [-0.39, 0.29) is 10.4 Å². The van der Waals surface area contributed by atoms with E-state index in [1.165, 1.54) is 0 Å². The molecule has 0 spiro atoms. The molecule has 0 heterocycles. The van der Waals surface area contributed by atoms with Crippen LogP contribution in [0.1, 0.15) is 35.7 Å². The standard InChI is InChI=1S/C17H15BrF2N2O2/c1-9(2)11-5-3-4-6-14(11)21-17(24)22-16(23)15-12(19)7-10(18)8-13(15)20/h3-9H,1-2H3,(H2,21,22,23,24). The van der Waals surface area contributed by atoms with Gasteiger partial charge in [0.2, 0.25) is 0 Å². The zero-order valence-corrected chi connectivity index (χ0v) is 14.6. The van der Waals surface area contributed by atoms with Crippen LogP contribution in [0, 0.1) is 11.6 Å². The molecule has 0 saturated carbocycles. The molecule has 0 bridgehead atoms. The van der Waals surface area contributed by atoms with Crippen LogP contribution >= 0.6 is 15.9 Å². The van der Waals surface area contributed by atoms with Gasteiger partial charge in [0.15, 0.2) is 0 Å². The van der Waals surface area contributed by atoms with Crippen molar-refractivity contribution in [3.63, 3.8) is 0 Å². The van der Waals surface area contributed by atoms with E-state index < -0.39 is 29.1 Å². The van der Waals surface area contributed by atoms with E-state index in [0.29, 0.717) is 5.69 Å². The Morgan fingerprint density at radius 3 is 2.25 bits per heavy atom. The van der Waals surface area contributed by atoms with Gasteiger partial charge in [-0.3, -0.25) is 10.1 Å². The van der Waals surface area contributed by atoms with Crippen molar-refractivity contribution in [2.75, 3.05) is 5.32 Å². The first-order valence-corrected chi connectivity index (χ1v) is 7.94. The Balaban J connectivity index is 2.15. The number of hydrogen-bond acceptors (Lipinski definition) is 2. The van der Waals surface area contributed by atoms with Crippen LogP contribution in [0.4, 0.5) is 19.3 Å². The number of anilines is 1. The van der Waals surface area contributed by atoms with Crippen molar-refractivity contribution in [1.82, 2.24) is 5.32 Å².